The lowest BCUT2D eigenvalue weighted by Crippen LogP contribution is -2.13. The number of hydrogen-bond donors (Lipinski definition) is 0. The molecule has 0 aromatic heterocycles. The summed E-state index contributed by atoms with van der Waals surface area (Å²) in [5, 5.41) is 0.422. The Kier molecular flexibility index (Phi) is 5.65. The second-order valence-corrected chi connectivity index (χ2v) is 3.94. The van der Waals surface area contributed by atoms with E-state index in [9.17, 15) is 9.59 Å². The van der Waals surface area contributed by atoms with Crippen molar-refractivity contribution < 1.29 is 19.1 Å². The Morgan fingerprint density at radius 1 is 1.17 bits per heavy atom. The average Bonchev–Trinajstić information content (AvgIpc) is 2.32. The van der Waals surface area contributed by atoms with E-state index < -0.39 is 5.97 Å². The van der Waals surface area contributed by atoms with E-state index in [1.54, 1.807) is 26.0 Å². The molecular formula is C13H15ClO4. The number of rotatable bonds is 5. The number of benzene rings is 1. The highest BCUT2D eigenvalue weighted by Crippen LogP contribution is 2.18. The zero-order valence-electron chi connectivity index (χ0n) is 10.4. The maximum Gasteiger partial charge on any atom is 0.338 e. The quantitative estimate of drug-likeness (QED) is 0.772. The van der Waals surface area contributed by atoms with Gasteiger partial charge >= 0.3 is 11.9 Å². The fraction of sp³-hybridized carbons (Fsp3) is 0.385. The molecule has 0 aliphatic carbocycles. The van der Waals surface area contributed by atoms with Crippen LogP contribution in [0.3, 0.4) is 0 Å². The molecule has 0 radical (unpaired) electrons. The summed E-state index contributed by atoms with van der Waals surface area (Å²) in [7, 11) is 0. The third-order valence-corrected chi connectivity index (χ3v) is 2.44. The number of carbonyl (C=O) groups is 2. The Balaban J connectivity index is 2.96. The highest BCUT2D eigenvalue weighted by atomic mass is 35.5. The van der Waals surface area contributed by atoms with Gasteiger partial charge < -0.3 is 9.47 Å². The first kappa shape index (κ1) is 14.5. The summed E-state index contributed by atoms with van der Waals surface area (Å²) in [6.07, 6.45) is 0.0269. The van der Waals surface area contributed by atoms with E-state index in [0.29, 0.717) is 22.8 Å². The van der Waals surface area contributed by atoms with Gasteiger partial charge in [-0.2, -0.15) is 0 Å². The molecule has 18 heavy (non-hydrogen) atoms. The topological polar surface area (TPSA) is 52.6 Å². The number of esters is 2. The molecule has 0 N–H and O–H groups in total. The monoisotopic (exact) mass is 270 g/mol. The van der Waals surface area contributed by atoms with E-state index in [-0.39, 0.29) is 19.0 Å². The van der Waals surface area contributed by atoms with Gasteiger partial charge in [0.1, 0.15) is 0 Å². The van der Waals surface area contributed by atoms with Gasteiger partial charge in [0.25, 0.3) is 0 Å². The van der Waals surface area contributed by atoms with Gasteiger partial charge in [-0.05, 0) is 31.5 Å². The molecule has 0 fully saturated rings. The van der Waals surface area contributed by atoms with Crippen molar-refractivity contribution >= 4 is 23.5 Å². The van der Waals surface area contributed by atoms with E-state index in [4.69, 9.17) is 21.1 Å². The molecule has 98 valence electrons. The zero-order valence-corrected chi connectivity index (χ0v) is 11.1. The van der Waals surface area contributed by atoms with Crippen molar-refractivity contribution in [3.05, 3.63) is 34.3 Å². The first-order valence-corrected chi connectivity index (χ1v) is 6.07. The lowest BCUT2D eigenvalue weighted by Gasteiger charge is -2.09. The minimum Gasteiger partial charge on any atom is -0.466 e. The first-order chi connectivity index (χ1) is 8.58. The van der Waals surface area contributed by atoms with Gasteiger partial charge in [0, 0.05) is 5.02 Å². The summed E-state index contributed by atoms with van der Waals surface area (Å²) in [6, 6.07) is 4.75. The molecule has 0 spiro atoms. The zero-order chi connectivity index (χ0) is 13.5. The van der Waals surface area contributed by atoms with Gasteiger partial charge in [0.15, 0.2) is 0 Å². The van der Waals surface area contributed by atoms with Crippen molar-refractivity contribution in [1.82, 2.24) is 0 Å². The summed E-state index contributed by atoms with van der Waals surface area (Å²) in [5.74, 6) is -0.871. The van der Waals surface area contributed by atoms with E-state index in [0.717, 1.165) is 0 Å². The lowest BCUT2D eigenvalue weighted by molar-refractivity contribution is -0.142. The van der Waals surface area contributed by atoms with Crippen LogP contribution in [0.5, 0.6) is 0 Å². The highest BCUT2D eigenvalue weighted by Gasteiger charge is 2.16. The number of ether oxygens (including phenoxy) is 2. The molecule has 0 bridgehead atoms. The van der Waals surface area contributed by atoms with Crippen LogP contribution in [0.15, 0.2) is 18.2 Å². The van der Waals surface area contributed by atoms with Crippen molar-refractivity contribution in [3.8, 4) is 0 Å². The molecular weight excluding hydrogens is 256 g/mol. The van der Waals surface area contributed by atoms with Crippen LogP contribution in [0.1, 0.15) is 29.8 Å². The van der Waals surface area contributed by atoms with Gasteiger partial charge in [0.05, 0.1) is 25.2 Å². The van der Waals surface area contributed by atoms with Crippen LogP contribution in [-0.4, -0.2) is 25.2 Å². The molecule has 0 aliphatic rings. The summed E-state index contributed by atoms with van der Waals surface area (Å²) in [6.45, 7) is 4.02. The normalized spacial score (nSPS) is 9.94. The van der Waals surface area contributed by atoms with Crippen molar-refractivity contribution in [2.75, 3.05) is 13.2 Å². The first-order valence-electron chi connectivity index (χ1n) is 5.69. The summed E-state index contributed by atoms with van der Waals surface area (Å²) < 4.78 is 9.76. The van der Waals surface area contributed by atoms with Crippen molar-refractivity contribution in [1.29, 1.82) is 0 Å². The third-order valence-electron chi connectivity index (χ3n) is 2.21. The Bertz CT molecular complexity index is 443. The fourth-order valence-corrected chi connectivity index (χ4v) is 1.64. The van der Waals surface area contributed by atoms with Crippen LogP contribution in [0.4, 0.5) is 0 Å². The van der Waals surface area contributed by atoms with Crippen LogP contribution >= 0.6 is 11.6 Å². The molecule has 5 heteroatoms. The molecule has 0 heterocycles. The predicted octanol–water partition coefficient (Wildman–Crippen LogP) is 2.62. The van der Waals surface area contributed by atoms with Crippen molar-refractivity contribution in [2.24, 2.45) is 0 Å². The minimum atomic E-state index is -0.487. The minimum absolute atomic E-state index is 0.0269. The van der Waals surface area contributed by atoms with Gasteiger partial charge in [-0.15, -0.1) is 0 Å². The highest BCUT2D eigenvalue weighted by molar-refractivity contribution is 6.31. The van der Waals surface area contributed by atoms with E-state index in [1.165, 1.54) is 6.07 Å². The van der Waals surface area contributed by atoms with Crippen LogP contribution < -0.4 is 0 Å². The smallest absolute Gasteiger partial charge is 0.338 e. The molecule has 1 aromatic carbocycles. The Hall–Kier alpha value is -1.55. The number of carbonyl (C=O) groups excluding carboxylic acids is 2. The van der Waals surface area contributed by atoms with Gasteiger partial charge in [-0.3, -0.25) is 4.79 Å². The Morgan fingerprint density at radius 3 is 2.44 bits per heavy atom. The second-order valence-electron chi connectivity index (χ2n) is 3.50. The van der Waals surface area contributed by atoms with E-state index in [1.807, 2.05) is 0 Å². The Morgan fingerprint density at radius 2 is 1.83 bits per heavy atom. The van der Waals surface area contributed by atoms with Gasteiger partial charge in [-0.1, -0.05) is 17.7 Å². The SMILES string of the molecule is CCOC(=O)Cc1ccc(Cl)cc1C(=O)OCC. The maximum atomic E-state index is 11.7. The molecule has 0 saturated heterocycles. The van der Waals surface area contributed by atoms with Crippen LogP contribution in [0.25, 0.3) is 0 Å². The molecule has 1 rings (SSSR count). The molecule has 0 aliphatic heterocycles. The standard InChI is InChI=1S/C13H15ClO4/c1-3-17-12(15)7-9-5-6-10(14)8-11(9)13(16)18-4-2/h5-6,8H,3-4,7H2,1-2H3. The van der Waals surface area contributed by atoms with E-state index in [2.05, 4.69) is 0 Å². The lowest BCUT2D eigenvalue weighted by atomic mass is 10.0. The van der Waals surface area contributed by atoms with Crippen LogP contribution in [0, 0.1) is 0 Å². The maximum absolute atomic E-state index is 11.7. The number of hydrogen-bond acceptors (Lipinski definition) is 4. The molecule has 1 aromatic rings. The Labute approximate surface area is 111 Å². The summed E-state index contributed by atoms with van der Waals surface area (Å²) in [5.41, 5.74) is 0.855. The van der Waals surface area contributed by atoms with Crippen molar-refractivity contribution in [2.45, 2.75) is 20.3 Å². The molecule has 4 nitrogen and oxygen atoms in total. The molecule has 0 atom stereocenters. The largest absolute Gasteiger partial charge is 0.466 e. The van der Waals surface area contributed by atoms with Crippen LogP contribution in [-0.2, 0) is 20.7 Å². The molecule has 0 unspecified atom stereocenters. The summed E-state index contributed by atoms with van der Waals surface area (Å²) >= 11 is 5.83. The number of halogens is 1. The van der Waals surface area contributed by atoms with E-state index >= 15 is 0 Å². The second kappa shape index (κ2) is 7.01. The third kappa shape index (κ3) is 4.04. The summed E-state index contributed by atoms with van der Waals surface area (Å²) in [4.78, 5) is 23.1. The van der Waals surface area contributed by atoms with Gasteiger partial charge in [0.2, 0.25) is 0 Å². The molecule has 0 amide bonds. The molecule has 0 saturated carbocycles. The average molecular weight is 271 g/mol. The van der Waals surface area contributed by atoms with Crippen molar-refractivity contribution in [3.63, 3.8) is 0 Å². The predicted molar refractivity (Wildman–Crippen MR) is 67.7 cm³/mol. The van der Waals surface area contributed by atoms with Gasteiger partial charge in [-0.25, -0.2) is 4.79 Å². The fourth-order valence-electron chi connectivity index (χ4n) is 1.47. The van der Waals surface area contributed by atoms with Crippen LogP contribution in [0.2, 0.25) is 5.02 Å².